The van der Waals surface area contributed by atoms with Crippen molar-refractivity contribution in [2.75, 3.05) is 11.3 Å². The van der Waals surface area contributed by atoms with E-state index >= 15 is 0 Å². The van der Waals surface area contributed by atoms with Gasteiger partial charge in [-0.05, 0) is 42.5 Å². The first-order valence-corrected chi connectivity index (χ1v) is 10.5. The lowest BCUT2D eigenvalue weighted by Gasteiger charge is -2.12. The van der Waals surface area contributed by atoms with Crippen molar-refractivity contribution in [3.8, 4) is 0 Å². The predicted octanol–water partition coefficient (Wildman–Crippen LogP) is 3.57. The average molecular weight is 458 g/mol. The molecule has 0 heterocycles. The molecule has 11 heteroatoms. The molecule has 0 bridgehead atoms. The van der Waals surface area contributed by atoms with E-state index in [1.807, 2.05) is 0 Å². The summed E-state index contributed by atoms with van der Waals surface area (Å²) < 4.78 is 45.5. The van der Waals surface area contributed by atoms with Crippen LogP contribution < -0.4 is 4.72 Å². The zero-order valence-corrected chi connectivity index (χ0v) is 17.0. The Balaban J connectivity index is 1.77. The van der Waals surface area contributed by atoms with Gasteiger partial charge in [-0.15, -0.1) is 0 Å². The SMILES string of the molecule is O=C(COC(=O)c1ccccc1NS(=O)(=O)c1cccc([N+](=O)[O-])c1)c1ccc(F)cc1. The van der Waals surface area contributed by atoms with Gasteiger partial charge in [-0.25, -0.2) is 17.6 Å². The summed E-state index contributed by atoms with van der Waals surface area (Å²) in [4.78, 5) is 34.4. The fourth-order valence-corrected chi connectivity index (χ4v) is 3.76. The van der Waals surface area contributed by atoms with Gasteiger partial charge >= 0.3 is 5.97 Å². The first-order valence-electron chi connectivity index (χ1n) is 8.99. The normalized spacial score (nSPS) is 10.9. The van der Waals surface area contributed by atoms with Gasteiger partial charge in [-0.3, -0.25) is 19.6 Å². The van der Waals surface area contributed by atoms with Crippen LogP contribution in [0.3, 0.4) is 0 Å². The summed E-state index contributed by atoms with van der Waals surface area (Å²) in [5, 5.41) is 10.9. The van der Waals surface area contributed by atoms with Crippen LogP contribution in [0.5, 0.6) is 0 Å². The highest BCUT2D eigenvalue weighted by Crippen LogP contribution is 2.23. The number of benzene rings is 3. The Labute approximate surface area is 181 Å². The van der Waals surface area contributed by atoms with Crippen molar-refractivity contribution in [2.24, 2.45) is 0 Å². The van der Waals surface area contributed by atoms with Gasteiger partial charge in [-0.1, -0.05) is 18.2 Å². The van der Waals surface area contributed by atoms with E-state index in [-0.39, 0.29) is 21.7 Å². The van der Waals surface area contributed by atoms with Crippen molar-refractivity contribution in [3.63, 3.8) is 0 Å². The molecule has 3 rings (SSSR count). The lowest BCUT2D eigenvalue weighted by atomic mass is 10.1. The minimum atomic E-state index is -4.27. The first kappa shape index (κ1) is 22.6. The first-order chi connectivity index (χ1) is 15.2. The second-order valence-electron chi connectivity index (χ2n) is 6.41. The third kappa shape index (κ3) is 5.32. The summed E-state index contributed by atoms with van der Waals surface area (Å²) in [6.07, 6.45) is 0. The Morgan fingerprint density at radius 1 is 1.00 bits per heavy atom. The summed E-state index contributed by atoms with van der Waals surface area (Å²) in [6, 6.07) is 14.6. The van der Waals surface area contributed by atoms with Crippen LogP contribution >= 0.6 is 0 Å². The van der Waals surface area contributed by atoms with Crippen LogP contribution in [-0.2, 0) is 14.8 Å². The molecular formula is C21H15FN2O7S. The number of nitro benzene ring substituents is 1. The molecule has 0 amide bonds. The third-order valence-electron chi connectivity index (χ3n) is 4.23. The molecule has 3 aromatic carbocycles. The number of non-ortho nitro benzene ring substituents is 1. The number of hydrogen-bond donors (Lipinski definition) is 1. The van der Waals surface area contributed by atoms with E-state index in [4.69, 9.17) is 4.74 Å². The van der Waals surface area contributed by atoms with Gasteiger partial charge in [0, 0.05) is 17.7 Å². The van der Waals surface area contributed by atoms with Crippen LogP contribution in [0, 0.1) is 15.9 Å². The van der Waals surface area contributed by atoms with Gasteiger partial charge in [0.1, 0.15) is 5.82 Å². The van der Waals surface area contributed by atoms with Gasteiger partial charge in [0.25, 0.3) is 15.7 Å². The highest BCUT2D eigenvalue weighted by atomic mass is 32.2. The number of rotatable bonds is 8. The zero-order valence-electron chi connectivity index (χ0n) is 16.2. The topological polar surface area (TPSA) is 133 Å². The largest absolute Gasteiger partial charge is 0.454 e. The Hall–Kier alpha value is -4.12. The van der Waals surface area contributed by atoms with Crippen LogP contribution in [0.4, 0.5) is 15.8 Å². The maximum atomic E-state index is 13.0. The maximum absolute atomic E-state index is 13.0. The number of para-hydroxylation sites is 1. The Kier molecular flexibility index (Phi) is 6.59. The molecule has 164 valence electrons. The van der Waals surface area contributed by atoms with E-state index in [2.05, 4.69) is 4.72 Å². The quantitative estimate of drug-likeness (QED) is 0.236. The number of carbonyl (C=O) groups is 2. The predicted molar refractivity (Wildman–Crippen MR) is 111 cm³/mol. The summed E-state index contributed by atoms with van der Waals surface area (Å²) in [7, 11) is -4.27. The minimum Gasteiger partial charge on any atom is -0.454 e. The lowest BCUT2D eigenvalue weighted by Crippen LogP contribution is -2.18. The number of hydrogen-bond acceptors (Lipinski definition) is 7. The highest BCUT2D eigenvalue weighted by Gasteiger charge is 2.22. The highest BCUT2D eigenvalue weighted by molar-refractivity contribution is 7.92. The molecule has 0 saturated heterocycles. The van der Waals surface area contributed by atoms with Crippen molar-refractivity contribution in [2.45, 2.75) is 4.90 Å². The van der Waals surface area contributed by atoms with Crippen molar-refractivity contribution in [1.82, 2.24) is 0 Å². The molecule has 0 spiro atoms. The van der Waals surface area contributed by atoms with Crippen molar-refractivity contribution >= 4 is 33.2 Å². The van der Waals surface area contributed by atoms with E-state index in [1.54, 1.807) is 0 Å². The lowest BCUT2D eigenvalue weighted by molar-refractivity contribution is -0.385. The van der Waals surface area contributed by atoms with Gasteiger partial charge in [0.2, 0.25) is 0 Å². The van der Waals surface area contributed by atoms with Crippen molar-refractivity contribution in [3.05, 3.63) is 99.9 Å². The molecule has 0 aliphatic carbocycles. The molecule has 0 fully saturated rings. The molecule has 32 heavy (non-hydrogen) atoms. The number of esters is 1. The summed E-state index contributed by atoms with van der Waals surface area (Å²) in [5.74, 6) is -2.07. The summed E-state index contributed by atoms with van der Waals surface area (Å²) in [6.45, 7) is -0.642. The number of nitrogens with one attached hydrogen (secondary N) is 1. The van der Waals surface area contributed by atoms with Gasteiger partial charge in [0.05, 0.1) is 21.1 Å². The van der Waals surface area contributed by atoms with Crippen LogP contribution in [0.1, 0.15) is 20.7 Å². The number of ketones is 1. The van der Waals surface area contributed by atoms with E-state index in [9.17, 15) is 32.5 Å². The number of sulfonamides is 1. The van der Waals surface area contributed by atoms with Crippen LogP contribution in [-0.4, -0.2) is 31.7 Å². The molecule has 1 N–H and O–H groups in total. The number of halogens is 1. The van der Waals surface area contributed by atoms with Crippen molar-refractivity contribution < 1.29 is 32.1 Å². The van der Waals surface area contributed by atoms with Crippen LogP contribution in [0.25, 0.3) is 0 Å². The third-order valence-corrected chi connectivity index (χ3v) is 5.59. The fourth-order valence-electron chi connectivity index (χ4n) is 2.65. The number of Topliss-reactive ketones (excluding diaryl/α,β-unsaturated/α-hetero) is 1. The van der Waals surface area contributed by atoms with Gasteiger partial charge in [-0.2, -0.15) is 0 Å². The second kappa shape index (κ2) is 9.35. The number of nitro groups is 1. The molecule has 0 aliphatic heterocycles. The smallest absolute Gasteiger partial charge is 0.340 e. The number of carbonyl (C=O) groups excluding carboxylic acids is 2. The van der Waals surface area contributed by atoms with E-state index < -0.39 is 44.8 Å². The van der Waals surface area contributed by atoms with Gasteiger partial charge in [0.15, 0.2) is 12.4 Å². The fraction of sp³-hybridized carbons (Fsp3) is 0.0476. The van der Waals surface area contributed by atoms with E-state index in [0.29, 0.717) is 0 Å². The summed E-state index contributed by atoms with van der Waals surface area (Å²) in [5.41, 5.74) is -0.592. The molecule has 9 nitrogen and oxygen atoms in total. The van der Waals surface area contributed by atoms with Crippen LogP contribution in [0.15, 0.2) is 77.7 Å². The number of ether oxygens (including phenoxy) is 1. The molecule has 3 aromatic rings. The Morgan fingerprint density at radius 3 is 2.38 bits per heavy atom. The summed E-state index contributed by atoms with van der Waals surface area (Å²) >= 11 is 0. The maximum Gasteiger partial charge on any atom is 0.340 e. The number of nitrogens with zero attached hydrogens (tertiary/aromatic N) is 1. The molecule has 0 unspecified atom stereocenters. The second-order valence-corrected chi connectivity index (χ2v) is 8.09. The van der Waals surface area contributed by atoms with Gasteiger partial charge < -0.3 is 4.74 Å². The molecule has 0 saturated carbocycles. The zero-order chi connectivity index (χ0) is 23.3. The number of anilines is 1. The molecule has 0 radical (unpaired) electrons. The van der Waals surface area contributed by atoms with E-state index in [0.717, 1.165) is 30.3 Å². The Bertz CT molecular complexity index is 1290. The van der Waals surface area contributed by atoms with Crippen molar-refractivity contribution in [1.29, 1.82) is 0 Å². The molecular weight excluding hydrogens is 443 g/mol. The molecule has 0 aromatic heterocycles. The Morgan fingerprint density at radius 2 is 1.69 bits per heavy atom. The minimum absolute atomic E-state index is 0.138. The standard InChI is InChI=1S/C21H15FN2O7S/c22-15-10-8-14(9-11-15)20(25)13-31-21(26)18-6-1-2-7-19(18)23-32(29,30)17-5-3-4-16(12-17)24(27)28/h1-12,23H,13H2. The van der Waals surface area contributed by atoms with Crippen LogP contribution in [0.2, 0.25) is 0 Å². The average Bonchev–Trinajstić information content (AvgIpc) is 2.78. The molecule has 0 aliphatic rings. The van der Waals surface area contributed by atoms with E-state index in [1.165, 1.54) is 42.5 Å². The molecule has 0 atom stereocenters. The monoisotopic (exact) mass is 458 g/mol.